The van der Waals surface area contributed by atoms with Gasteiger partial charge in [0.2, 0.25) is 0 Å². The Balaban J connectivity index is 1.00. The lowest BCUT2D eigenvalue weighted by Gasteiger charge is -2.40. The van der Waals surface area contributed by atoms with Crippen molar-refractivity contribution in [3.8, 4) is 39.4 Å². The maximum Gasteiger partial charge on any atom is 0.132 e. The molecule has 3 nitrogen and oxygen atoms in total. The number of hydrogen-bond donors (Lipinski definition) is 0. The molecule has 0 fully saturated rings. The summed E-state index contributed by atoms with van der Waals surface area (Å²) in [5.74, 6) is 1.79. The van der Waals surface area contributed by atoms with E-state index in [9.17, 15) is 0 Å². The van der Waals surface area contributed by atoms with Gasteiger partial charge >= 0.3 is 0 Å². The molecule has 2 aliphatic carbocycles. The Labute approximate surface area is 421 Å². The molecule has 0 saturated carbocycles. The molecule has 11 aromatic carbocycles. The summed E-state index contributed by atoms with van der Waals surface area (Å²) in [6, 6.07) is 94.7. The number of ether oxygens (including phenoxy) is 1. The Hall–Kier alpha value is -8.83. The topological polar surface area (TPSA) is 17.4 Å². The lowest BCUT2D eigenvalue weighted by Crippen LogP contribution is -2.32. The van der Waals surface area contributed by atoms with E-state index in [-0.39, 0.29) is 0 Å². The molecule has 2 spiro atoms. The second-order valence-corrected chi connectivity index (χ2v) is 20.5. The maximum absolute atomic E-state index is 6.72. The summed E-state index contributed by atoms with van der Waals surface area (Å²) >= 11 is 1.89. The molecule has 12 aromatic rings. The summed E-state index contributed by atoms with van der Waals surface area (Å²) in [7, 11) is 0. The molecule has 0 unspecified atom stereocenters. The Morgan fingerprint density at radius 3 is 1.60 bits per heavy atom. The molecule has 0 amide bonds. The summed E-state index contributed by atoms with van der Waals surface area (Å²) in [5, 5.41) is 2.42. The van der Waals surface area contributed by atoms with Crippen molar-refractivity contribution >= 4 is 50.6 Å². The number of para-hydroxylation sites is 4. The first-order valence-electron chi connectivity index (χ1n) is 24.8. The third kappa shape index (κ3) is 5.11. The van der Waals surface area contributed by atoms with E-state index in [1.165, 1.54) is 87.2 Å². The van der Waals surface area contributed by atoms with Crippen LogP contribution in [-0.4, -0.2) is 4.57 Å². The minimum atomic E-state index is -0.571. The van der Waals surface area contributed by atoms with E-state index < -0.39 is 10.8 Å². The first kappa shape index (κ1) is 40.0. The van der Waals surface area contributed by atoms with Crippen molar-refractivity contribution in [2.24, 2.45) is 0 Å². The largest absolute Gasteiger partial charge is 0.457 e. The van der Waals surface area contributed by atoms with Gasteiger partial charge in [-0.25, -0.2) is 0 Å². The fraction of sp³-hybridized carbons (Fsp3) is 0.0294. The minimum absolute atomic E-state index is 0.522. The Morgan fingerprint density at radius 1 is 0.347 bits per heavy atom. The fourth-order valence-electron chi connectivity index (χ4n) is 13.4. The van der Waals surface area contributed by atoms with E-state index >= 15 is 0 Å². The van der Waals surface area contributed by atoms with Gasteiger partial charge in [0.25, 0.3) is 0 Å². The number of aromatic nitrogens is 1. The van der Waals surface area contributed by atoms with Crippen LogP contribution in [0.2, 0.25) is 0 Å². The molecule has 0 saturated heterocycles. The second-order valence-electron chi connectivity index (χ2n) is 19.4. The first-order chi connectivity index (χ1) is 35.7. The molecule has 0 radical (unpaired) electrons. The second kappa shape index (κ2) is 14.8. The van der Waals surface area contributed by atoms with Gasteiger partial charge in [0.1, 0.15) is 11.5 Å². The van der Waals surface area contributed by atoms with Crippen LogP contribution in [0.5, 0.6) is 11.5 Å². The Morgan fingerprint density at radius 2 is 0.861 bits per heavy atom. The van der Waals surface area contributed by atoms with Crippen LogP contribution in [0.25, 0.3) is 49.7 Å². The van der Waals surface area contributed by atoms with Crippen LogP contribution in [0.4, 0.5) is 17.1 Å². The van der Waals surface area contributed by atoms with Crippen LogP contribution in [0.3, 0.4) is 0 Å². The summed E-state index contributed by atoms with van der Waals surface area (Å²) in [5.41, 5.74) is 20.8. The van der Waals surface area contributed by atoms with Gasteiger partial charge in [-0.3, -0.25) is 0 Å². The lowest BCUT2D eigenvalue weighted by atomic mass is 9.66. The summed E-state index contributed by atoms with van der Waals surface area (Å²) in [6.45, 7) is 0. The molecule has 16 rings (SSSR count). The number of nitrogens with zero attached hydrogens (tertiary/aromatic N) is 2. The van der Waals surface area contributed by atoms with Crippen molar-refractivity contribution in [1.29, 1.82) is 0 Å². The third-order valence-electron chi connectivity index (χ3n) is 16.1. The Kier molecular flexibility index (Phi) is 8.24. The zero-order valence-electron chi connectivity index (χ0n) is 39.0. The zero-order valence-corrected chi connectivity index (χ0v) is 39.8. The van der Waals surface area contributed by atoms with E-state index in [0.717, 1.165) is 45.4 Å². The van der Waals surface area contributed by atoms with Crippen LogP contribution in [0, 0.1) is 0 Å². The van der Waals surface area contributed by atoms with Crippen molar-refractivity contribution in [2.45, 2.75) is 20.6 Å². The highest BCUT2D eigenvalue weighted by Gasteiger charge is 2.53. The normalized spacial score (nSPS) is 14.4. The quantitative estimate of drug-likeness (QED) is 0.175. The van der Waals surface area contributed by atoms with Crippen molar-refractivity contribution in [1.82, 2.24) is 4.57 Å². The SMILES string of the molecule is c1ccc(-n2c3ccccc3c3cc(N(c4ccc5c(c4)-c4ccccc4C54c5ccccc5Oc5ccccc54)c4cccc5c4-c4ccccc4C54c5ccccc5Sc5ccccc54)ccc32)cc1. The van der Waals surface area contributed by atoms with E-state index in [0.29, 0.717) is 0 Å². The van der Waals surface area contributed by atoms with Gasteiger partial charge in [-0.05, 0) is 129 Å². The first-order valence-corrected chi connectivity index (χ1v) is 25.6. The van der Waals surface area contributed by atoms with Crippen molar-refractivity contribution in [2.75, 3.05) is 4.90 Å². The van der Waals surface area contributed by atoms with Gasteiger partial charge in [-0.1, -0.05) is 188 Å². The standard InChI is InChI=1S/C68H42N2OS/c1-2-19-43(20-3-1)70-59-31-13-6-22-47(59)50-42-45(38-40-60(50)70)69(44-37-39-53-49(41-44)46-21-4-7-24-51(46)67(53)54-26-9-14-33-62(54)71-63-34-15-10-27-55(63)67)61-32-18-30-58-66(61)48-23-5-8-25-52(48)68(58)56-28-11-16-35-64(56)72-65-36-17-12-29-57(65)68/h1-42H. The summed E-state index contributed by atoms with van der Waals surface area (Å²) in [6.07, 6.45) is 0. The molecular formula is C68H42N2OS. The van der Waals surface area contributed by atoms with Crippen LogP contribution in [-0.2, 0) is 10.8 Å². The van der Waals surface area contributed by atoms with Crippen LogP contribution < -0.4 is 9.64 Å². The average molecular weight is 935 g/mol. The highest BCUT2D eigenvalue weighted by atomic mass is 32.2. The van der Waals surface area contributed by atoms with E-state index in [1.54, 1.807) is 0 Å². The molecule has 3 heterocycles. The van der Waals surface area contributed by atoms with E-state index in [2.05, 4.69) is 264 Å². The minimum Gasteiger partial charge on any atom is -0.457 e. The number of hydrogen-bond acceptors (Lipinski definition) is 3. The van der Waals surface area contributed by atoms with Gasteiger partial charge < -0.3 is 14.2 Å². The van der Waals surface area contributed by atoms with Gasteiger partial charge in [0, 0.05) is 54.3 Å². The van der Waals surface area contributed by atoms with Crippen LogP contribution in [0.1, 0.15) is 44.5 Å². The molecule has 2 aliphatic heterocycles. The highest BCUT2D eigenvalue weighted by Crippen LogP contribution is 2.66. The molecule has 1 aromatic heterocycles. The van der Waals surface area contributed by atoms with Gasteiger partial charge in [-0.15, -0.1) is 0 Å². The van der Waals surface area contributed by atoms with Gasteiger partial charge in [0.15, 0.2) is 0 Å². The van der Waals surface area contributed by atoms with Gasteiger partial charge in [-0.2, -0.15) is 0 Å². The zero-order chi connectivity index (χ0) is 47.1. The molecular weight excluding hydrogens is 893 g/mol. The van der Waals surface area contributed by atoms with Crippen molar-refractivity contribution in [3.05, 3.63) is 299 Å². The number of anilines is 3. The summed E-state index contributed by atoms with van der Waals surface area (Å²) < 4.78 is 9.13. The van der Waals surface area contributed by atoms with E-state index in [1.807, 2.05) is 11.8 Å². The molecule has 0 atom stereocenters. The number of benzene rings is 11. The van der Waals surface area contributed by atoms with Crippen LogP contribution >= 0.6 is 11.8 Å². The maximum atomic E-state index is 6.72. The summed E-state index contributed by atoms with van der Waals surface area (Å²) in [4.78, 5) is 5.14. The third-order valence-corrected chi connectivity index (χ3v) is 17.3. The predicted octanol–water partition coefficient (Wildman–Crippen LogP) is 17.5. The Bertz CT molecular complexity index is 4170. The number of rotatable bonds is 4. The predicted molar refractivity (Wildman–Crippen MR) is 294 cm³/mol. The van der Waals surface area contributed by atoms with Gasteiger partial charge in [0.05, 0.1) is 27.6 Å². The lowest BCUT2D eigenvalue weighted by molar-refractivity contribution is 0.436. The average Bonchev–Trinajstić information content (AvgIpc) is 4.04. The van der Waals surface area contributed by atoms with E-state index in [4.69, 9.17) is 4.74 Å². The smallest absolute Gasteiger partial charge is 0.132 e. The van der Waals surface area contributed by atoms with Crippen molar-refractivity contribution < 1.29 is 4.74 Å². The molecule has 4 aliphatic rings. The molecule has 72 heavy (non-hydrogen) atoms. The monoisotopic (exact) mass is 934 g/mol. The number of fused-ring (bicyclic) bond motifs is 21. The molecule has 4 heteroatoms. The fourth-order valence-corrected chi connectivity index (χ4v) is 14.6. The van der Waals surface area contributed by atoms with Crippen molar-refractivity contribution in [3.63, 3.8) is 0 Å². The molecule has 0 bridgehead atoms. The highest BCUT2D eigenvalue weighted by molar-refractivity contribution is 7.99. The van der Waals surface area contributed by atoms with Crippen LogP contribution in [0.15, 0.2) is 265 Å². The molecule has 0 N–H and O–H groups in total. The molecule has 336 valence electrons.